The third kappa shape index (κ3) is 2.71. The summed E-state index contributed by atoms with van der Waals surface area (Å²) in [5.74, 6) is -0.123. The van der Waals surface area contributed by atoms with Crippen LogP contribution in [0, 0.1) is 5.82 Å². The Bertz CT molecular complexity index is 626. The van der Waals surface area contributed by atoms with Gasteiger partial charge in [0.2, 0.25) is 0 Å². The van der Waals surface area contributed by atoms with E-state index in [1.54, 1.807) is 37.4 Å². The summed E-state index contributed by atoms with van der Waals surface area (Å²) >= 11 is 0. The molecule has 5 heteroatoms. The average molecular weight is 274 g/mol. The molecule has 0 spiro atoms. The fourth-order valence-corrected chi connectivity index (χ4v) is 1.82. The molecule has 0 bridgehead atoms. The van der Waals surface area contributed by atoms with Crippen LogP contribution in [0.4, 0.5) is 15.8 Å². The lowest BCUT2D eigenvalue weighted by molar-refractivity contribution is 0.0992. The summed E-state index contributed by atoms with van der Waals surface area (Å²) in [7, 11) is 3.11. The Morgan fingerprint density at radius 3 is 2.45 bits per heavy atom. The van der Waals surface area contributed by atoms with Crippen LogP contribution in [0.25, 0.3) is 0 Å². The molecule has 0 saturated heterocycles. The molecule has 0 atom stereocenters. The smallest absolute Gasteiger partial charge is 0.258 e. The molecule has 104 valence electrons. The highest BCUT2D eigenvalue weighted by atomic mass is 19.1. The lowest BCUT2D eigenvalue weighted by Crippen LogP contribution is -2.26. The molecule has 2 aromatic rings. The van der Waals surface area contributed by atoms with E-state index in [0.29, 0.717) is 22.7 Å². The minimum atomic E-state index is -0.344. The molecule has 0 fully saturated rings. The Morgan fingerprint density at radius 2 is 1.85 bits per heavy atom. The Morgan fingerprint density at radius 1 is 1.20 bits per heavy atom. The lowest BCUT2D eigenvalue weighted by Gasteiger charge is -2.18. The van der Waals surface area contributed by atoms with Gasteiger partial charge in [-0.1, -0.05) is 0 Å². The van der Waals surface area contributed by atoms with E-state index in [4.69, 9.17) is 10.5 Å². The standard InChI is InChI=1S/C15H15FN2O2/c1-18(12-6-4-11(16)5-7-12)15(19)10-3-8-13(17)14(9-10)20-2/h3-9H,17H2,1-2H3. The SMILES string of the molecule is COc1cc(C(=O)N(C)c2ccc(F)cc2)ccc1N. The van der Waals surface area contributed by atoms with Crippen molar-refractivity contribution in [3.63, 3.8) is 0 Å². The van der Waals surface area contributed by atoms with Crippen molar-refractivity contribution in [1.29, 1.82) is 0 Å². The highest BCUT2D eigenvalue weighted by molar-refractivity contribution is 6.06. The Balaban J connectivity index is 2.28. The molecule has 20 heavy (non-hydrogen) atoms. The molecule has 4 nitrogen and oxygen atoms in total. The van der Waals surface area contributed by atoms with Crippen molar-refractivity contribution in [2.75, 3.05) is 24.8 Å². The topological polar surface area (TPSA) is 55.6 Å². The second-order valence-electron chi connectivity index (χ2n) is 4.30. The molecule has 0 aromatic heterocycles. The van der Waals surface area contributed by atoms with Crippen LogP contribution in [0.5, 0.6) is 5.75 Å². The zero-order valence-electron chi connectivity index (χ0n) is 11.3. The van der Waals surface area contributed by atoms with Gasteiger partial charge in [0.25, 0.3) is 5.91 Å². The fourth-order valence-electron chi connectivity index (χ4n) is 1.82. The van der Waals surface area contributed by atoms with E-state index in [2.05, 4.69) is 0 Å². The molecule has 2 N–H and O–H groups in total. The Labute approximate surface area is 116 Å². The molecular formula is C15H15FN2O2. The van der Waals surface area contributed by atoms with Gasteiger partial charge in [-0.3, -0.25) is 4.79 Å². The molecule has 2 rings (SSSR count). The van der Waals surface area contributed by atoms with Gasteiger partial charge in [-0.05, 0) is 42.5 Å². The maximum atomic E-state index is 12.9. The number of hydrogen-bond donors (Lipinski definition) is 1. The molecule has 0 aliphatic carbocycles. The third-order valence-electron chi connectivity index (χ3n) is 3.00. The minimum Gasteiger partial charge on any atom is -0.495 e. The monoisotopic (exact) mass is 274 g/mol. The number of anilines is 2. The normalized spacial score (nSPS) is 10.2. The lowest BCUT2D eigenvalue weighted by atomic mass is 10.1. The van der Waals surface area contributed by atoms with Crippen LogP contribution in [-0.2, 0) is 0 Å². The Kier molecular flexibility index (Phi) is 3.89. The van der Waals surface area contributed by atoms with Crippen LogP contribution < -0.4 is 15.4 Å². The number of methoxy groups -OCH3 is 1. The summed E-state index contributed by atoms with van der Waals surface area (Å²) in [5.41, 5.74) is 7.23. The van der Waals surface area contributed by atoms with E-state index in [1.165, 1.54) is 24.1 Å². The first kappa shape index (κ1) is 13.9. The highest BCUT2D eigenvalue weighted by Gasteiger charge is 2.15. The number of hydrogen-bond acceptors (Lipinski definition) is 3. The quantitative estimate of drug-likeness (QED) is 0.875. The van der Waals surface area contributed by atoms with E-state index in [-0.39, 0.29) is 11.7 Å². The predicted molar refractivity (Wildman–Crippen MR) is 76.5 cm³/mol. The number of carbonyl (C=O) groups is 1. The molecule has 0 unspecified atom stereocenters. The van der Waals surface area contributed by atoms with Crippen molar-refractivity contribution in [2.45, 2.75) is 0 Å². The van der Waals surface area contributed by atoms with Gasteiger partial charge in [-0.15, -0.1) is 0 Å². The van der Waals surface area contributed by atoms with Crippen LogP contribution >= 0.6 is 0 Å². The van der Waals surface area contributed by atoms with E-state index in [9.17, 15) is 9.18 Å². The van der Waals surface area contributed by atoms with Gasteiger partial charge < -0.3 is 15.4 Å². The van der Waals surface area contributed by atoms with Crippen molar-refractivity contribution in [3.8, 4) is 5.75 Å². The zero-order chi connectivity index (χ0) is 14.7. The molecule has 0 heterocycles. The Hall–Kier alpha value is -2.56. The third-order valence-corrected chi connectivity index (χ3v) is 3.00. The number of nitrogens with zero attached hydrogens (tertiary/aromatic N) is 1. The van der Waals surface area contributed by atoms with Gasteiger partial charge in [-0.25, -0.2) is 4.39 Å². The van der Waals surface area contributed by atoms with Crippen LogP contribution in [0.3, 0.4) is 0 Å². The maximum Gasteiger partial charge on any atom is 0.258 e. The molecule has 2 aromatic carbocycles. The second-order valence-corrected chi connectivity index (χ2v) is 4.30. The van der Waals surface area contributed by atoms with Crippen molar-refractivity contribution in [3.05, 3.63) is 53.8 Å². The molecular weight excluding hydrogens is 259 g/mol. The predicted octanol–water partition coefficient (Wildman–Crippen LogP) is 2.69. The first-order valence-corrected chi connectivity index (χ1v) is 6.00. The number of benzene rings is 2. The summed E-state index contributed by atoms with van der Waals surface area (Å²) in [6.07, 6.45) is 0. The van der Waals surface area contributed by atoms with Gasteiger partial charge in [0.15, 0.2) is 0 Å². The number of carbonyl (C=O) groups excluding carboxylic acids is 1. The number of nitrogen functional groups attached to an aromatic ring is 1. The van der Waals surface area contributed by atoms with E-state index in [0.717, 1.165) is 0 Å². The molecule has 0 radical (unpaired) electrons. The molecule has 0 aliphatic heterocycles. The summed E-state index contributed by atoms with van der Waals surface area (Å²) in [4.78, 5) is 13.8. The van der Waals surface area contributed by atoms with Gasteiger partial charge in [0.1, 0.15) is 11.6 Å². The van der Waals surface area contributed by atoms with E-state index >= 15 is 0 Å². The second kappa shape index (κ2) is 5.61. The van der Waals surface area contributed by atoms with E-state index < -0.39 is 0 Å². The van der Waals surface area contributed by atoms with Gasteiger partial charge in [-0.2, -0.15) is 0 Å². The first-order chi connectivity index (χ1) is 9.52. The van der Waals surface area contributed by atoms with Crippen LogP contribution in [0.2, 0.25) is 0 Å². The van der Waals surface area contributed by atoms with Gasteiger partial charge >= 0.3 is 0 Å². The summed E-state index contributed by atoms with van der Waals surface area (Å²) in [6.45, 7) is 0. The number of ether oxygens (including phenoxy) is 1. The average Bonchev–Trinajstić information content (AvgIpc) is 2.47. The van der Waals surface area contributed by atoms with E-state index in [1.807, 2.05) is 0 Å². The highest BCUT2D eigenvalue weighted by Crippen LogP contribution is 2.24. The van der Waals surface area contributed by atoms with Crippen molar-refractivity contribution < 1.29 is 13.9 Å². The molecule has 0 saturated carbocycles. The van der Waals surface area contributed by atoms with Crippen molar-refractivity contribution in [1.82, 2.24) is 0 Å². The minimum absolute atomic E-state index is 0.227. The largest absolute Gasteiger partial charge is 0.495 e. The van der Waals surface area contributed by atoms with Crippen molar-refractivity contribution >= 4 is 17.3 Å². The zero-order valence-corrected chi connectivity index (χ0v) is 11.3. The molecule has 0 aliphatic rings. The van der Waals surface area contributed by atoms with Gasteiger partial charge in [0.05, 0.1) is 12.8 Å². The summed E-state index contributed by atoms with van der Waals surface area (Å²) in [6, 6.07) is 10.5. The fraction of sp³-hybridized carbons (Fsp3) is 0.133. The summed E-state index contributed by atoms with van der Waals surface area (Å²) < 4.78 is 18.0. The van der Waals surface area contributed by atoms with Crippen LogP contribution in [0.1, 0.15) is 10.4 Å². The summed E-state index contributed by atoms with van der Waals surface area (Å²) in [5, 5.41) is 0. The van der Waals surface area contributed by atoms with Gasteiger partial charge in [0, 0.05) is 18.3 Å². The van der Waals surface area contributed by atoms with Crippen LogP contribution in [-0.4, -0.2) is 20.1 Å². The molecule has 1 amide bonds. The maximum absolute atomic E-state index is 12.9. The number of rotatable bonds is 3. The number of halogens is 1. The van der Waals surface area contributed by atoms with Crippen molar-refractivity contribution in [2.24, 2.45) is 0 Å². The number of nitrogens with two attached hydrogens (primary N) is 1. The first-order valence-electron chi connectivity index (χ1n) is 6.00. The number of amides is 1. The van der Waals surface area contributed by atoms with Crippen LogP contribution in [0.15, 0.2) is 42.5 Å².